The van der Waals surface area contributed by atoms with Crippen LogP contribution in [0.1, 0.15) is 49.8 Å². The van der Waals surface area contributed by atoms with Crippen molar-refractivity contribution in [3.63, 3.8) is 0 Å². The molecule has 8 nitrogen and oxygen atoms in total. The number of para-hydroxylation sites is 1. The van der Waals surface area contributed by atoms with Crippen molar-refractivity contribution in [3.8, 4) is 5.75 Å². The number of anilines is 1. The third kappa shape index (κ3) is 7.71. The fraction of sp³-hybridized carbons (Fsp3) is 0.481. The minimum atomic E-state index is -3.78. The summed E-state index contributed by atoms with van der Waals surface area (Å²) in [6, 6.07) is 12.0. The van der Waals surface area contributed by atoms with Crippen LogP contribution in [-0.2, 0) is 26.2 Å². The maximum Gasteiger partial charge on any atom is 0.244 e. The summed E-state index contributed by atoms with van der Waals surface area (Å²) in [4.78, 5) is 28.4. The molecule has 0 radical (unpaired) electrons. The van der Waals surface area contributed by atoms with Gasteiger partial charge in [-0.3, -0.25) is 13.9 Å². The van der Waals surface area contributed by atoms with Gasteiger partial charge in [0.05, 0.1) is 19.1 Å². The number of benzene rings is 2. The third-order valence-corrected chi connectivity index (χ3v) is 7.18. The molecule has 0 aliphatic carbocycles. The fourth-order valence-electron chi connectivity index (χ4n) is 4.17. The Morgan fingerprint density at radius 2 is 1.69 bits per heavy atom. The van der Waals surface area contributed by atoms with E-state index in [1.165, 1.54) is 4.90 Å². The molecule has 2 rings (SSSR count). The highest BCUT2D eigenvalue weighted by molar-refractivity contribution is 7.92. The lowest BCUT2D eigenvalue weighted by Gasteiger charge is -2.33. The number of nitrogens with one attached hydrogen (secondary N) is 1. The Morgan fingerprint density at radius 1 is 1.06 bits per heavy atom. The van der Waals surface area contributed by atoms with Crippen molar-refractivity contribution in [3.05, 3.63) is 59.2 Å². The molecule has 2 aromatic rings. The number of amides is 2. The first-order chi connectivity index (χ1) is 17.0. The van der Waals surface area contributed by atoms with Gasteiger partial charge in [0.2, 0.25) is 21.8 Å². The van der Waals surface area contributed by atoms with Crippen molar-refractivity contribution in [2.75, 3.05) is 30.8 Å². The predicted octanol–water partition coefficient (Wildman–Crippen LogP) is 3.80. The number of carbonyl (C=O) groups is 2. The van der Waals surface area contributed by atoms with Gasteiger partial charge in [-0.2, -0.15) is 0 Å². The molecule has 0 saturated carbocycles. The molecular weight excluding hydrogens is 478 g/mol. The van der Waals surface area contributed by atoms with Crippen LogP contribution >= 0.6 is 0 Å². The van der Waals surface area contributed by atoms with Gasteiger partial charge >= 0.3 is 0 Å². The molecular formula is C27H39N3O5S. The molecule has 2 aromatic carbocycles. The number of aryl methyl sites for hydroxylation is 2. The monoisotopic (exact) mass is 517 g/mol. The molecule has 0 fully saturated rings. The fourth-order valence-corrected chi connectivity index (χ4v) is 5.13. The van der Waals surface area contributed by atoms with Gasteiger partial charge in [-0.1, -0.05) is 50.6 Å². The number of hydrogen-bond acceptors (Lipinski definition) is 5. The molecule has 36 heavy (non-hydrogen) atoms. The summed E-state index contributed by atoms with van der Waals surface area (Å²) in [5.41, 5.74) is 2.75. The molecule has 1 N–H and O–H groups in total. The summed E-state index contributed by atoms with van der Waals surface area (Å²) in [6.45, 7) is 7.76. The topological polar surface area (TPSA) is 96.0 Å². The Kier molecular flexibility index (Phi) is 10.8. The van der Waals surface area contributed by atoms with E-state index in [0.29, 0.717) is 24.4 Å². The second-order valence-electron chi connectivity index (χ2n) is 8.95. The molecule has 198 valence electrons. The quantitative estimate of drug-likeness (QED) is 0.408. The first kappa shape index (κ1) is 29.2. The molecule has 0 saturated heterocycles. The average molecular weight is 518 g/mol. The van der Waals surface area contributed by atoms with Crippen LogP contribution in [0.4, 0.5) is 5.69 Å². The molecule has 0 bridgehead atoms. The second kappa shape index (κ2) is 13.3. The number of ether oxygens (including phenoxy) is 1. The van der Waals surface area contributed by atoms with E-state index in [-0.39, 0.29) is 12.5 Å². The molecule has 2 amide bonds. The van der Waals surface area contributed by atoms with E-state index < -0.39 is 28.5 Å². The zero-order valence-electron chi connectivity index (χ0n) is 22.2. The Hall–Kier alpha value is -3.07. The molecule has 0 aliphatic rings. The van der Waals surface area contributed by atoms with E-state index in [4.69, 9.17) is 4.74 Å². The van der Waals surface area contributed by atoms with Crippen LogP contribution in [-0.4, -0.2) is 57.6 Å². The third-order valence-electron chi connectivity index (χ3n) is 6.07. The van der Waals surface area contributed by atoms with Crippen molar-refractivity contribution in [2.24, 2.45) is 0 Å². The van der Waals surface area contributed by atoms with Crippen molar-refractivity contribution in [1.29, 1.82) is 0 Å². The van der Waals surface area contributed by atoms with Crippen LogP contribution in [0.3, 0.4) is 0 Å². The van der Waals surface area contributed by atoms with Crippen LogP contribution in [0.15, 0.2) is 42.5 Å². The molecule has 1 atom stereocenters. The Bertz CT molecular complexity index is 1130. The van der Waals surface area contributed by atoms with Crippen molar-refractivity contribution >= 4 is 27.5 Å². The van der Waals surface area contributed by atoms with Crippen LogP contribution in [0.25, 0.3) is 0 Å². The minimum absolute atomic E-state index is 0.139. The second-order valence-corrected chi connectivity index (χ2v) is 10.9. The number of hydrogen-bond donors (Lipinski definition) is 1. The van der Waals surface area contributed by atoms with Gasteiger partial charge in [-0.15, -0.1) is 0 Å². The van der Waals surface area contributed by atoms with Crippen LogP contribution in [0.5, 0.6) is 5.75 Å². The summed E-state index contributed by atoms with van der Waals surface area (Å²) >= 11 is 0. The molecule has 0 heterocycles. The van der Waals surface area contributed by atoms with Crippen molar-refractivity contribution in [2.45, 2.75) is 59.5 Å². The Balaban J connectivity index is 2.47. The van der Waals surface area contributed by atoms with Gasteiger partial charge in [0, 0.05) is 13.1 Å². The lowest BCUT2D eigenvalue weighted by molar-refractivity contribution is -0.140. The number of unbranched alkanes of at least 4 members (excludes halogenated alkanes) is 1. The standard InChI is InChI=1S/C27H39N3O5S/c1-7-9-16-28-27(32)24(8-2)29(18-22-14-11-15-23(17-22)35-5)25(31)19-30(36(6,33)34)26-20(3)12-10-13-21(26)4/h10-15,17,24H,7-9,16,18-19H2,1-6H3,(H,28,32). The first-order valence-corrected chi connectivity index (χ1v) is 14.1. The van der Waals surface area contributed by atoms with Gasteiger partial charge in [-0.25, -0.2) is 8.42 Å². The van der Waals surface area contributed by atoms with E-state index in [2.05, 4.69) is 5.32 Å². The van der Waals surface area contributed by atoms with Crippen LogP contribution in [0.2, 0.25) is 0 Å². The SMILES string of the molecule is CCCCNC(=O)C(CC)N(Cc1cccc(OC)c1)C(=O)CN(c1c(C)cccc1C)S(C)(=O)=O. The highest BCUT2D eigenvalue weighted by Crippen LogP contribution is 2.27. The average Bonchev–Trinajstić information content (AvgIpc) is 2.82. The molecule has 0 spiro atoms. The zero-order chi connectivity index (χ0) is 26.9. The molecule has 9 heteroatoms. The molecule has 0 aliphatic heterocycles. The van der Waals surface area contributed by atoms with Crippen molar-refractivity contribution < 1.29 is 22.7 Å². The van der Waals surface area contributed by atoms with Crippen LogP contribution < -0.4 is 14.4 Å². The van der Waals surface area contributed by atoms with Gasteiger partial charge in [0.25, 0.3) is 0 Å². The van der Waals surface area contributed by atoms with Gasteiger partial charge in [-0.05, 0) is 55.5 Å². The van der Waals surface area contributed by atoms with Crippen LogP contribution in [0, 0.1) is 13.8 Å². The first-order valence-electron chi connectivity index (χ1n) is 12.3. The Labute approximate surface area is 215 Å². The maximum absolute atomic E-state index is 13.8. The lowest BCUT2D eigenvalue weighted by atomic mass is 10.1. The summed E-state index contributed by atoms with van der Waals surface area (Å²) in [7, 11) is -2.22. The smallest absolute Gasteiger partial charge is 0.244 e. The summed E-state index contributed by atoms with van der Waals surface area (Å²) in [5, 5.41) is 2.92. The highest BCUT2D eigenvalue weighted by Gasteiger charge is 2.32. The summed E-state index contributed by atoms with van der Waals surface area (Å²) < 4.78 is 32.1. The van der Waals surface area contributed by atoms with Gasteiger partial charge in [0.15, 0.2) is 0 Å². The number of sulfonamides is 1. The minimum Gasteiger partial charge on any atom is -0.497 e. The maximum atomic E-state index is 13.8. The van der Waals surface area contributed by atoms with Crippen molar-refractivity contribution in [1.82, 2.24) is 10.2 Å². The summed E-state index contributed by atoms with van der Waals surface area (Å²) in [6.07, 6.45) is 3.24. The van der Waals surface area contributed by atoms with Gasteiger partial charge < -0.3 is 15.0 Å². The predicted molar refractivity (Wildman–Crippen MR) is 144 cm³/mol. The van der Waals surface area contributed by atoms with E-state index in [1.54, 1.807) is 13.2 Å². The number of rotatable bonds is 13. The number of methoxy groups -OCH3 is 1. The van der Waals surface area contributed by atoms with E-state index in [9.17, 15) is 18.0 Å². The largest absolute Gasteiger partial charge is 0.497 e. The number of nitrogens with zero attached hydrogens (tertiary/aromatic N) is 2. The van der Waals surface area contributed by atoms with E-state index in [1.807, 2.05) is 64.1 Å². The molecule has 1 unspecified atom stereocenters. The van der Waals surface area contributed by atoms with E-state index >= 15 is 0 Å². The normalized spacial score (nSPS) is 12.1. The lowest BCUT2D eigenvalue weighted by Crippen LogP contribution is -2.52. The molecule has 0 aromatic heterocycles. The van der Waals surface area contributed by atoms with E-state index in [0.717, 1.165) is 40.1 Å². The zero-order valence-corrected chi connectivity index (χ0v) is 23.0. The summed E-state index contributed by atoms with van der Waals surface area (Å²) in [5.74, 6) is -0.0720. The number of carbonyl (C=O) groups excluding carboxylic acids is 2. The van der Waals surface area contributed by atoms with Gasteiger partial charge in [0.1, 0.15) is 18.3 Å². The Morgan fingerprint density at radius 3 is 2.25 bits per heavy atom. The highest BCUT2D eigenvalue weighted by atomic mass is 32.2.